The van der Waals surface area contributed by atoms with Crippen molar-refractivity contribution in [1.82, 2.24) is 10.2 Å². The summed E-state index contributed by atoms with van der Waals surface area (Å²) in [4.78, 5) is 39.7. The van der Waals surface area contributed by atoms with Gasteiger partial charge in [0, 0.05) is 11.0 Å². The molecule has 3 amide bonds. The highest BCUT2D eigenvalue weighted by molar-refractivity contribution is 7.98. The molecule has 0 spiro atoms. The number of hydrogen-bond acceptors (Lipinski definition) is 5. The Hall–Kier alpha value is -3.40. The Morgan fingerprint density at radius 3 is 2.65 bits per heavy atom. The van der Waals surface area contributed by atoms with Crippen molar-refractivity contribution < 1.29 is 27.9 Å². The monoisotopic (exact) mass is 445 g/mol. The van der Waals surface area contributed by atoms with Crippen LogP contribution >= 0.6 is 11.8 Å². The molecule has 2 heterocycles. The zero-order valence-electron chi connectivity index (χ0n) is 16.3. The van der Waals surface area contributed by atoms with Crippen molar-refractivity contribution in [3.8, 4) is 0 Å². The van der Waals surface area contributed by atoms with Crippen LogP contribution in [0.3, 0.4) is 0 Å². The molecular weight excluding hydrogens is 428 g/mol. The van der Waals surface area contributed by atoms with Crippen LogP contribution in [0.4, 0.5) is 19.3 Å². The third-order valence-electron chi connectivity index (χ3n) is 4.95. The van der Waals surface area contributed by atoms with Gasteiger partial charge in [-0.25, -0.2) is 18.4 Å². The summed E-state index contributed by atoms with van der Waals surface area (Å²) in [5.41, 5.74) is 1.01. The molecule has 2 aromatic carbocycles. The van der Waals surface area contributed by atoms with Gasteiger partial charge in [-0.05, 0) is 36.1 Å². The maximum Gasteiger partial charge on any atom is 0.338 e. The third kappa shape index (κ3) is 4.11. The molecule has 2 N–H and O–H groups in total. The zero-order valence-corrected chi connectivity index (χ0v) is 17.1. The first-order chi connectivity index (χ1) is 14.9. The molecule has 0 bridgehead atoms. The Morgan fingerprint density at radius 1 is 1.23 bits per heavy atom. The highest BCUT2D eigenvalue weighted by Crippen LogP contribution is 2.35. The van der Waals surface area contributed by atoms with Crippen molar-refractivity contribution in [2.75, 3.05) is 24.7 Å². The Labute approximate surface area is 180 Å². The van der Waals surface area contributed by atoms with Gasteiger partial charge in [-0.15, -0.1) is 11.8 Å². The number of hydrogen-bond donors (Lipinski definition) is 2. The summed E-state index contributed by atoms with van der Waals surface area (Å²) >= 11 is 1.56. The lowest BCUT2D eigenvalue weighted by atomic mass is 9.96. The molecule has 1 atom stereocenters. The first-order valence-corrected chi connectivity index (χ1v) is 10.5. The van der Waals surface area contributed by atoms with E-state index in [0.717, 1.165) is 21.9 Å². The lowest BCUT2D eigenvalue weighted by Gasteiger charge is -2.32. The number of nitrogens with zero attached hydrogens (tertiary/aromatic N) is 1. The second kappa shape index (κ2) is 8.38. The fraction of sp³-hybridized carbons (Fsp3) is 0.190. The van der Waals surface area contributed by atoms with Gasteiger partial charge in [0.1, 0.15) is 24.8 Å². The van der Waals surface area contributed by atoms with E-state index >= 15 is 0 Å². The first-order valence-electron chi connectivity index (χ1n) is 9.24. The van der Waals surface area contributed by atoms with E-state index in [2.05, 4.69) is 10.6 Å². The summed E-state index contributed by atoms with van der Waals surface area (Å²) in [6.45, 7) is -0.630. The Balaban J connectivity index is 1.58. The van der Waals surface area contributed by atoms with E-state index in [9.17, 15) is 23.2 Å². The van der Waals surface area contributed by atoms with Gasteiger partial charge in [-0.1, -0.05) is 12.1 Å². The summed E-state index contributed by atoms with van der Waals surface area (Å²) in [5.74, 6) is -3.01. The summed E-state index contributed by atoms with van der Waals surface area (Å²) < 4.78 is 32.0. The minimum absolute atomic E-state index is 0.154. The average molecular weight is 445 g/mol. The van der Waals surface area contributed by atoms with Crippen molar-refractivity contribution in [1.29, 1.82) is 0 Å². The molecule has 1 unspecified atom stereocenters. The van der Waals surface area contributed by atoms with Gasteiger partial charge < -0.3 is 15.4 Å². The number of halogens is 2. The van der Waals surface area contributed by atoms with Crippen LogP contribution in [0.15, 0.2) is 58.6 Å². The summed E-state index contributed by atoms with van der Waals surface area (Å²) in [6.07, 6.45) is 1.94. The Morgan fingerprint density at radius 2 is 1.97 bits per heavy atom. The zero-order chi connectivity index (χ0) is 22.1. The van der Waals surface area contributed by atoms with Gasteiger partial charge in [0.15, 0.2) is 0 Å². The SMILES string of the molecule is CSc1ccc(C2NC(=O)N(CC(=O)Nc3ccc(F)cc3F)C3=C2C(=O)OC3)cc1. The first kappa shape index (κ1) is 20.9. The molecular formula is C21H17F2N3O4S. The number of cyclic esters (lactones) is 1. The molecule has 0 aliphatic carbocycles. The largest absolute Gasteiger partial charge is 0.456 e. The van der Waals surface area contributed by atoms with E-state index < -0.39 is 42.1 Å². The number of amides is 3. The molecule has 0 saturated heterocycles. The molecule has 0 aromatic heterocycles. The predicted octanol–water partition coefficient (Wildman–Crippen LogP) is 3.20. The predicted molar refractivity (Wildman–Crippen MR) is 109 cm³/mol. The molecule has 31 heavy (non-hydrogen) atoms. The van der Waals surface area contributed by atoms with E-state index in [1.54, 1.807) is 11.8 Å². The number of ether oxygens (including phenoxy) is 1. The number of rotatable bonds is 5. The van der Waals surface area contributed by atoms with Gasteiger partial charge in [0.2, 0.25) is 5.91 Å². The Kier molecular flexibility index (Phi) is 5.64. The smallest absolute Gasteiger partial charge is 0.338 e. The van der Waals surface area contributed by atoms with Gasteiger partial charge >= 0.3 is 12.0 Å². The van der Waals surface area contributed by atoms with Crippen LogP contribution in [0, 0.1) is 11.6 Å². The summed E-state index contributed by atoms with van der Waals surface area (Å²) in [7, 11) is 0. The quantitative estimate of drug-likeness (QED) is 0.545. The lowest BCUT2D eigenvalue weighted by molar-refractivity contribution is -0.136. The van der Waals surface area contributed by atoms with Crippen LogP contribution in [-0.2, 0) is 14.3 Å². The maximum atomic E-state index is 13.8. The number of anilines is 1. The van der Waals surface area contributed by atoms with Crippen molar-refractivity contribution in [3.05, 3.63) is 70.9 Å². The second-order valence-corrected chi connectivity index (χ2v) is 7.73. The molecule has 4 rings (SSSR count). The Bertz CT molecular complexity index is 1100. The highest BCUT2D eigenvalue weighted by atomic mass is 32.2. The summed E-state index contributed by atoms with van der Waals surface area (Å²) in [6, 6.07) is 8.81. The van der Waals surface area contributed by atoms with Crippen LogP contribution in [0.5, 0.6) is 0 Å². The van der Waals surface area contributed by atoms with Crippen LogP contribution in [0.1, 0.15) is 11.6 Å². The van der Waals surface area contributed by atoms with Crippen LogP contribution < -0.4 is 10.6 Å². The number of benzene rings is 2. The number of esters is 1. The minimum atomic E-state index is -0.940. The van der Waals surface area contributed by atoms with Crippen LogP contribution in [0.2, 0.25) is 0 Å². The minimum Gasteiger partial charge on any atom is -0.456 e. The third-order valence-corrected chi connectivity index (χ3v) is 5.70. The molecule has 7 nitrogen and oxygen atoms in total. The molecule has 160 valence electrons. The standard InChI is InChI=1S/C21H17F2N3O4S/c1-31-13-5-2-11(3-6-13)19-18-16(10-30-20(18)28)26(21(29)25-19)9-17(27)24-15-7-4-12(22)8-14(15)23/h2-8,19H,9-10H2,1H3,(H,24,27)(H,25,29). The fourth-order valence-corrected chi connectivity index (χ4v) is 3.86. The molecule has 10 heteroatoms. The molecule has 2 aromatic rings. The van der Waals surface area contributed by atoms with Crippen LogP contribution in [-0.4, -0.2) is 42.2 Å². The van der Waals surface area contributed by atoms with Gasteiger partial charge in [0.25, 0.3) is 0 Å². The number of carbonyl (C=O) groups excluding carboxylic acids is 3. The molecule has 2 aliphatic rings. The van der Waals surface area contributed by atoms with E-state index in [0.29, 0.717) is 11.6 Å². The van der Waals surface area contributed by atoms with E-state index in [1.165, 1.54) is 0 Å². The fourth-order valence-electron chi connectivity index (χ4n) is 3.45. The molecule has 2 aliphatic heterocycles. The average Bonchev–Trinajstić information content (AvgIpc) is 3.13. The topological polar surface area (TPSA) is 87.7 Å². The van der Waals surface area contributed by atoms with Gasteiger partial charge in [-0.2, -0.15) is 0 Å². The normalized spacial score (nSPS) is 17.9. The second-order valence-electron chi connectivity index (χ2n) is 6.85. The van der Waals surface area contributed by atoms with E-state index in [4.69, 9.17) is 4.74 Å². The van der Waals surface area contributed by atoms with Crippen LogP contribution in [0.25, 0.3) is 0 Å². The maximum absolute atomic E-state index is 13.8. The number of carbonyl (C=O) groups is 3. The lowest BCUT2D eigenvalue weighted by Crippen LogP contribution is -2.49. The van der Waals surface area contributed by atoms with E-state index in [-0.39, 0.29) is 23.6 Å². The van der Waals surface area contributed by atoms with Gasteiger partial charge in [-0.3, -0.25) is 9.69 Å². The number of urea groups is 1. The molecule has 0 fully saturated rings. The highest BCUT2D eigenvalue weighted by Gasteiger charge is 2.42. The van der Waals surface area contributed by atoms with Crippen molar-refractivity contribution in [2.45, 2.75) is 10.9 Å². The summed E-state index contributed by atoms with van der Waals surface area (Å²) in [5, 5.41) is 5.03. The van der Waals surface area contributed by atoms with Crippen molar-refractivity contribution >= 4 is 35.4 Å². The molecule has 0 saturated carbocycles. The van der Waals surface area contributed by atoms with E-state index in [1.807, 2.05) is 30.5 Å². The van der Waals surface area contributed by atoms with Crippen molar-refractivity contribution in [2.24, 2.45) is 0 Å². The van der Waals surface area contributed by atoms with Gasteiger partial charge in [0.05, 0.1) is 23.0 Å². The van der Waals surface area contributed by atoms with Crippen molar-refractivity contribution in [3.63, 3.8) is 0 Å². The number of thioether (sulfide) groups is 1. The number of nitrogens with one attached hydrogen (secondary N) is 2. The molecule has 0 radical (unpaired) electrons.